The third-order valence-electron chi connectivity index (χ3n) is 6.47. The number of carbonyl (C=O) groups is 3. The second-order valence-corrected chi connectivity index (χ2v) is 8.79. The monoisotopic (exact) mass is 492 g/mol. The molecule has 2 fully saturated rings. The first-order chi connectivity index (χ1) is 17.5. The van der Waals surface area contributed by atoms with Gasteiger partial charge < -0.3 is 24.5 Å². The SMILES string of the molecule is C[C@H]1CCCN1CCCOc1ccc(N2CCN(C(=O)c3ccc(C#N)cc3)CC2=O)cc1.O=CO. The number of carbonyl (C=O) groups excluding carboxylic acids is 2. The molecule has 2 amide bonds. The summed E-state index contributed by atoms with van der Waals surface area (Å²) >= 11 is 0. The van der Waals surface area contributed by atoms with Crippen LogP contribution in [0.5, 0.6) is 5.75 Å². The number of likely N-dealkylation sites (tertiary alicyclic amines) is 1. The van der Waals surface area contributed by atoms with Gasteiger partial charge in [-0.05, 0) is 81.3 Å². The Morgan fingerprint density at radius 1 is 1.14 bits per heavy atom. The highest BCUT2D eigenvalue weighted by Gasteiger charge is 2.28. The van der Waals surface area contributed by atoms with Crippen LogP contribution < -0.4 is 9.64 Å². The summed E-state index contributed by atoms with van der Waals surface area (Å²) in [6, 6.07) is 16.8. The number of piperazine rings is 1. The van der Waals surface area contributed by atoms with E-state index in [1.807, 2.05) is 30.3 Å². The van der Waals surface area contributed by atoms with Crippen molar-refractivity contribution in [3.05, 3.63) is 59.7 Å². The smallest absolute Gasteiger partial charge is 0.290 e. The number of nitriles is 1. The van der Waals surface area contributed by atoms with Crippen molar-refractivity contribution >= 4 is 24.0 Å². The first-order valence-corrected chi connectivity index (χ1v) is 12.1. The Kier molecular flexibility index (Phi) is 9.83. The maximum Gasteiger partial charge on any atom is 0.290 e. The molecule has 2 aromatic rings. The molecule has 2 saturated heterocycles. The van der Waals surface area contributed by atoms with Crippen LogP contribution >= 0.6 is 0 Å². The lowest BCUT2D eigenvalue weighted by atomic mass is 10.1. The van der Waals surface area contributed by atoms with Crippen molar-refractivity contribution in [3.8, 4) is 11.8 Å². The van der Waals surface area contributed by atoms with Crippen LogP contribution in [0.3, 0.4) is 0 Å². The minimum atomic E-state index is -0.250. The summed E-state index contributed by atoms with van der Waals surface area (Å²) in [4.78, 5) is 39.6. The molecule has 4 rings (SSSR count). The highest BCUT2D eigenvalue weighted by atomic mass is 16.5. The van der Waals surface area contributed by atoms with Gasteiger partial charge in [0, 0.05) is 36.9 Å². The van der Waals surface area contributed by atoms with E-state index in [9.17, 15) is 9.59 Å². The molecular weight excluding hydrogens is 460 g/mol. The van der Waals surface area contributed by atoms with Crippen LogP contribution in [-0.4, -0.2) is 78.6 Å². The summed E-state index contributed by atoms with van der Waals surface area (Å²) in [5.41, 5.74) is 1.79. The number of hydrogen-bond donors (Lipinski definition) is 1. The Bertz CT molecular complexity index is 1070. The van der Waals surface area contributed by atoms with Crippen molar-refractivity contribution in [1.29, 1.82) is 5.26 Å². The Labute approximate surface area is 211 Å². The highest BCUT2D eigenvalue weighted by Crippen LogP contribution is 2.22. The third kappa shape index (κ3) is 7.06. The van der Waals surface area contributed by atoms with Crippen LogP contribution in [0.15, 0.2) is 48.5 Å². The van der Waals surface area contributed by atoms with E-state index in [1.165, 1.54) is 19.4 Å². The maximum absolute atomic E-state index is 12.7. The molecule has 0 spiro atoms. The van der Waals surface area contributed by atoms with Crippen LogP contribution in [0.2, 0.25) is 0 Å². The molecule has 0 saturated carbocycles. The van der Waals surface area contributed by atoms with Gasteiger partial charge in [-0.2, -0.15) is 5.26 Å². The molecule has 0 aromatic heterocycles. The number of anilines is 1. The van der Waals surface area contributed by atoms with E-state index in [0.717, 1.165) is 24.4 Å². The van der Waals surface area contributed by atoms with Gasteiger partial charge in [0.2, 0.25) is 5.91 Å². The summed E-state index contributed by atoms with van der Waals surface area (Å²) in [7, 11) is 0. The van der Waals surface area contributed by atoms with Gasteiger partial charge in [-0.15, -0.1) is 0 Å². The first-order valence-electron chi connectivity index (χ1n) is 12.1. The standard InChI is InChI=1S/C26H30N4O3.CH2O2/c1-20-4-2-13-28(20)14-3-17-33-24-11-9-23(10-12-24)30-16-15-29(19-25(30)31)26(32)22-7-5-21(18-27)6-8-22;2-1-3/h5-12,20H,2-4,13-17,19H2,1H3;1H,(H,2,3)/t20-;/m0./s1. The third-order valence-corrected chi connectivity index (χ3v) is 6.47. The second kappa shape index (κ2) is 13.3. The van der Waals surface area contributed by atoms with Gasteiger partial charge in [-0.1, -0.05) is 0 Å². The lowest BCUT2D eigenvalue weighted by Gasteiger charge is -2.34. The Morgan fingerprint density at radius 2 is 1.83 bits per heavy atom. The quantitative estimate of drug-likeness (QED) is 0.467. The fourth-order valence-electron chi connectivity index (χ4n) is 4.49. The predicted molar refractivity (Wildman–Crippen MR) is 135 cm³/mol. The molecule has 0 aliphatic carbocycles. The van der Waals surface area contributed by atoms with Crippen molar-refractivity contribution in [2.75, 3.05) is 44.2 Å². The van der Waals surface area contributed by atoms with E-state index >= 15 is 0 Å². The number of nitrogens with zero attached hydrogens (tertiary/aromatic N) is 4. The van der Waals surface area contributed by atoms with Gasteiger partial charge in [0.1, 0.15) is 12.3 Å². The molecule has 190 valence electrons. The van der Waals surface area contributed by atoms with Crippen LogP contribution in [0, 0.1) is 11.3 Å². The Hall–Kier alpha value is -3.90. The van der Waals surface area contributed by atoms with Crippen molar-refractivity contribution in [2.45, 2.75) is 32.2 Å². The zero-order valence-corrected chi connectivity index (χ0v) is 20.5. The Morgan fingerprint density at radius 3 is 2.42 bits per heavy atom. The van der Waals surface area contributed by atoms with Gasteiger partial charge in [-0.25, -0.2) is 0 Å². The van der Waals surface area contributed by atoms with E-state index in [-0.39, 0.29) is 24.8 Å². The molecular formula is C27H32N4O5. The topological polar surface area (TPSA) is 114 Å². The van der Waals surface area contributed by atoms with Crippen molar-refractivity contribution < 1.29 is 24.2 Å². The van der Waals surface area contributed by atoms with Crippen molar-refractivity contribution in [3.63, 3.8) is 0 Å². The number of benzene rings is 2. The summed E-state index contributed by atoms with van der Waals surface area (Å²) in [6.45, 7) is 5.91. The van der Waals surface area contributed by atoms with E-state index in [4.69, 9.17) is 19.9 Å². The molecule has 2 aromatic carbocycles. The van der Waals surface area contributed by atoms with Crippen molar-refractivity contribution in [1.82, 2.24) is 9.80 Å². The zero-order valence-electron chi connectivity index (χ0n) is 20.5. The molecule has 2 heterocycles. The van der Waals surface area contributed by atoms with Gasteiger partial charge >= 0.3 is 0 Å². The lowest BCUT2D eigenvalue weighted by Crippen LogP contribution is -2.52. The van der Waals surface area contributed by atoms with Crippen LogP contribution in [-0.2, 0) is 9.59 Å². The number of carboxylic acid groups (broad SMARTS) is 1. The van der Waals surface area contributed by atoms with Crippen LogP contribution in [0.25, 0.3) is 0 Å². The molecule has 36 heavy (non-hydrogen) atoms. The fraction of sp³-hybridized carbons (Fsp3) is 0.407. The van der Waals surface area contributed by atoms with Gasteiger partial charge in [0.15, 0.2) is 0 Å². The van der Waals surface area contributed by atoms with Crippen molar-refractivity contribution in [2.24, 2.45) is 0 Å². The van der Waals surface area contributed by atoms with Crippen LogP contribution in [0.4, 0.5) is 5.69 Å². The Balaban J connectivity index is 0.00000115. The second-order valence-electron chi connectivity index (χ2n) is 8.79. The molecule has 1 N–H and O–H groups in total. The van der Waals surface area contributed by atoms with E-state index < -0.39 is 0 Å². The summed E-state index contributed by atoms with van der Waals surface area (Å²) < 4.78 is 5.88. The predicted octanol–water partition coefficient (Wildman–Crippen LogP) is 3.00. The highest BCUT2D eigenvalue weighted by molar-refractivity contribution is 6.01. The molecule has 0 unspecified atom stereocenters. The van der Waals surface area contributed by atoms with Gasteiger partial charge in [-0.3, -0.25) is 14.4 Å². The molecule has 1 atom stereocenters. The average Bonchev–Trinajstić information content (AvgIpc) is 3.31. The maximum atomic E-state index is 12.7. The molecule has 2 aliphatic rings. The molecule has 9 nitrogen and oxygen atoms in total. The van der Waals surface area contributed by atoms with E-state index in [1.54, 1.807) is 34.1 Å². The minimum Gasteiger partial charge on any atom is -0.494 e. The summed E-state index contributed by atoms with van der Waals surface area (Å²) in [5, 5.41) is 15.8. The average molecular weight is 493 g/mol. The van der Waals surface area contributed by atoms with E-state index in [0.29, 0.717) is 36.9 Å². The number of hydrogen-bond acceptors (Lipinski definition) is 6. The molecule has 9 heteroatoms. The lowest BCUT2D eigenvalue weighted by molar-refractivity contribution is -0.123. The molecule has 0 radical (unpaired) electrons. The molecule has 2 aliphatic heterocycles. The first kappa shape index (κ1) is 26.7. The minimum absolute atomic E-state index is 0.0337. The summed E-state index contributed by atoms with van der Waals surface area (Å²) in [5.74, 6) is 0.492. The molecule has 0 bridgehead atoms. The normalized spacial score (nSPS) is 17.7. The van der Waals surface area contributed by atoms with E-state index in [2.05, 4.69) is 11.8 Å². The largest absolute Gasteiger partial charge is 0.494 e. The zero-order chi connectivity index (χ0) is 25.9. The van der Waals surface area contributed by atoms with Gasteiger partial charge in [0.25, 0.3) is 12.4 Å². The van der Waals surface area contributed by atoms with Gasteiger partial charge in [0.05, 0.1) is 18.2 Å². The number of rotatable bonds is 7. The summed E-state index contributed by atoms with van der Waals surface area (Å²) in [6.07, 6.45) is 3.58. The number of amides is 2. The van der Waals surface area contributed by atoms with Crippen LogP contribution in [0.1, 0.15) is 42.1 Å². The number of ether oxygens (including phenoxy) is 1. The fourth-order valence-corrected chi connectivity index (χ4v) is 4.49.